The van der Waals surface area contributed by atoms with Gasteiger partial charge in [0.05, 0.1) is 12.3 Å². The molecule has 2 heterocycles. The maximum Gasteiger partial charge on any atom is 0.0853 e. The van der Waals surface area contributed by atoms with Gasteiger partial charge in [-0.05, 0) is 18.6 Å². The summed E-state index contributed by atoms with van der Waals surface area (Å²) in [6, 6.07) is 3.93. The molecule has 0 atom stereocenters. The number of pyridine rings is 1. The molecule has 0 amide bonds. The average molecular weight is 190 g/mol. The smallest absolute Gasteiger partial charge is 0.0853 e. The zero-order valence-corrected chi connectivity index (χ0v) is 8.06. The minimum Gasteiger partial charge on any atom is -0.390 e. The first kappa shape index (κ1) is 9.21. The largest absolute Gasteiger partial charge is 0.390 e. The maximum atomic E-state index is 8.97. The van der Waals surface area contributed by atoms with Crippen LogP contribution in [0.5, 0.6) is 0 Å². The molecule has 0 saturated carbocycles. The molecule has 14 heavy (non-hydrogen) atoms. The summed E-state index contributed by atoms with van der Waals surface area (Å²) in [4.78, 5) is 6.34. The molecule has 2 rings (SSSR count). The lowest BCUT2D eigenvalue weighted by Gasteiger charge is -2.25. The minimum atomic E-state index is 0.0114. The first-order valence-corrected chi connectivity index (χ1v) is 4.86. The van der Waals surface area contributed by atoms with Crippen LogP contribution in [0.3, 0.4) is 0 Å². The summed E-state index contributed by atoms with van der Waals surface area (Å²) in [7, 11) is 0. The van der Waals surface area contributed by atoms with Gasteiger partial charge in [0, 0.05) is 25.0 Å². The van der Waals surface area contributed by atoms with E-state index >= 15 is 0 Å². The van der Waals surface area contributed by atoms with Crippen molar-refractivity contribution in [2.75, 3.05) is 18.0 Å². The summed E-state index contributed by atoms with van der Waals surface area (Å²) in [5.74, 6) is 0. The molecule has 1 aliphatic heterocycles. The predicted molar refractivity (Wildman–Crippen MR) is 56.1 cm³/mol. The van der Waals surface area contributed by atoms with Crippen LogP contribution in [-0.2, 0) is 6.61 Å². The highest BCUT2D eigenvalue weighted by atomic mass is 16.3. The van der Waals surface area contributed by atoms with Gasteiger partial charge in [0.1, 0.15) is 0 Å². The SMILES string of the molecule is OCc1cc(N2CC=CCC2)ccn1. The number of aromatic nitrogens is 1. The maximum absolute atomic E-state index is 8.97. The highest BCUT2D eigenvalue weighted by molar-refractivity contribution is 5.47. The molecule has 1 N–H and O–H groups in total. The summed E-state index contributed by atoms with van der Waals surface area (Å²) in [6.07, 6.45) is 7.21. The van der Waals surface area contributed by atoms with Crippen molar-refractivity contribution < 1.29 is 5.11 Å². The van der Waals surface area contributed by atoms with Gasteiger partial charge in [-0.1, -0.05) is 12.2 Å². The topological polar surface area (TPSA) is 36.4 Å². The van der Waals surface area contributed by atoms with Gasteiger partial charge in [0.25, 0.3) is 0 Å². The number of rotatable bonds is 2. The third-order valence-electron chi connectivity index (χ3n) is 2.39. The molecular formula is C11H14N2O. The van der Waals surface area contributed by atoms with Crippen molar-refractivity contribution in [1.29, 1.82) is 0 Å². The molecule has 0 aliphatic carbocycles. The average Bonchev–Trinajstić information content (AvgIpc) is 2.30. The highest BCUT2D eigenvalue weighted by Crippen LogP contribution is 2.16. The van der Waals surface area contributed by atoms with Gasteiger partial charge in [-0.25, -0.2) is 0 Å². The van der Waals surface area contributed by atoms with E-state index in [1.165, 1.54) is 0 Å². The van der Waals surface area contributed by atoms with Crippen LogP contribution in [0.2, 0.25) is 0 Å². The Bertz CT molecular complexity index is 336. The molecule has 1 aromatic heterocycles. The number of nitrogens with zero attached hydrogens (tertiary/aromatic N) is 2. The number of hydrogen-bond acceptors (Lipinski definition) is 3. The van der Waals surface area contributed by atoms with Crippen molar-refractivity contribution in [3.05, 3.63) is 36.2 Å². The Morgan fingerprint density at radius 3 is 3.07 bits per heavy atom. The van der Waals surface area contributed by atoms with E-state index in [4.69, 9.17) is 5.11 Å². The second-order valence-electron chi connectivity index (χ2n) is 3.37. The van der Waals surface area contributed by atoms with Gasteiger partial charge in [-0.15, -0.1) is 0 Å². The Kier molecular flexibility index (Phi) is 2.79. The second-order valence-corrected chi connectivity index (χ2v) is 3.37. The molecule has 0 spiro atoms. The van der Waals surface area contributed by atoms with Crippen LogP contribution in [0.4, 0.5) is 5.69 Å². The zero-order chi connectivity index (χ0) is 9.80. The first-order chi connectivity index (χ1) is 6.90. The number of anilines is 1. The Balaban J connectivity index is 2.18. The van der Waals surface area contributed by atoms with Gasteiger partial charge in [0.15, 0.2) is 0 Å². The number of aliphatic hydroxyl groups is 1. The molecule has 0 radical (unpaired) electrons. The molecule has 1 aliphatic rings. The lowest BCUT2D eigenvalue weighted by Crippen LogP contribution is -2.26. The van der Waals surface area contributed by atoms with Crippen LogP contribution in [0.25, 0.3) is 0 Å². The molecule has 74 valence electrons. The quantitative estimate of drug-likeness (QED) is 0.715. The van der Waals surface area contributed by atoms with Crippen molar-refractivity contribution in [1.82, 2.24) is 4.98 Å². The summed E-state index contributed by atoms with van der Waals surface area (Å²) in [6.45, 7) is 2.01. The van der Waals surface area contributed by atoms with Crippen LogP contribution in [-0.4, -0.2) is 23.2 Å². The van der Waals surface area contributed by atoms with Crippen molar-refractivity contribution in [3.63, 3.8) is 0 Å². The molecule has 3 nitrogen and oxygen atoms in total. The van der Waals surface area contributed by atoms with E-state index in [-0.39, 0.29) is 6.61 Å². The normalized spacial score (nSPS) is 15.9. The molecule has 0 fully saturated rings. The van der Waals surface area contributed by atoms with Crippen molar-refractivity contribution in [2.45, 2.75) is 13.0 Å². The zero-order valence-electron chi connectivity index (χ0n) is 8.06. The molecule has 0 unspecified atom stereocenters. The van der Waals surface area contributed by atoms with E-state index in [0.29, 0.717) is 0 Å². The van der Waals surface area contributed by atoms with Crippen LogP contribution >= 0.6 is 0 Å². The fraction of sp³-hybridized carbons (Fsp3) is 0.364. The van der Waals surface area contributed by atoms with Crippen molar-refractivity contribution in [2.24, 2.45) is 0 Å². The Morgan fingerprint density at radius 2 is 2.36 bits per heavy atom. The highest BCUT2D eigenvalue weighted by Gasteiger charge is 2.07. The lowest BCUT2D eigenvalue weighted by molar-refractivity contribution is 0.277. The summed E-state index contributed by atoms with van der Waals surface area (Å²) < 4.78 is 0. The third kappa shape index (κ3) is 1.93. The molecule has 0 saturated heterocycles. The molecular weight excluding hydrogens is 176 g/mol. The molecule has 0 aromatic carbocycles. The van der Waals surface area contributed by atoms with Crippen molar-refractivity contribution >= 4 is 5.69 Å². The molecule has 1 aromatic rings. The standard InChI is InChI=1S/C11H14N2O/c14-9-10-8-11(4-5-12-10)13-6-2-1-3-7-13/h1-2,4-5,8,14H,3,6-7,9H2. The van der Waals surface area contributed by atoms with Crippen LogP contribution in [0.15, 0.2) is 30.5 Å². The van der Waals surface area contributed by atoms with Gasteiger partial charge < -0.3 is 10.0 Å². The van der Waals surface area contributed by atoms with E-state index in [9.17, 15) is 0 Å². The fourth-order valence-electron chi connectivity index (χ4n) is 1.62. The van der Waals surface area contributed by atoms with Crippen molar-refractivity contribution in [3.8, 4) is 0 Å². The summed E-state index contributed by atoms with van der Waals surface area (Å²) in [5, 5.41) is 8.97. The lowest BCUT2D eigenvalue weighted by atomic mass is 10.2. The monoisotopic (exact) mass is 190 g/mol. The van der Waals surface area contributed by atoms with Gasteiger partial charge in [-0.3, -0.25) is 4.98 Å². The fourth-order valence-corrected chi connectivity index (χ4v) is 1.62. The van der Waals surface area contributed by atoms with Crippen LogP contribution < -0.4 is 4.90 Å². The van der Waals surface area contributed by atoms with Gasteiger partial charge in [0.2, 0.25) is 0 Å². The molecule has 0 bridgehead atoms. The first-order valence-electron chi connectivity index (χ1n) is 4.86. The van der Waals surface area contributed by atoms with E-state index in [1.54, 1.807) is 6.20 Å². The Hall–Kier alpha value is -1.35. The number of hydrogen-bond donors (Lipinski definition) is 1. The Morgan fingerprint density at radius 1 is 1.43 bits per heavy atom. The summed E-state index contributed by atoms with van der Waals surface area (Å²) >= 11 is 0. The summed E-state index contributed by atoms with van der Waals surface area (Å²) in [5.41, 5.74) is 1.88. The van der Waals surface area contributed by atoms with Gasteiger partial charge in [-0.2, -0.15) is 0 Å². The molecule has 3 heteroatoms. The van der Waals surface area contributed by atoms with Gasteiger partial charge >= 0.3 is 0 Å². The van der Waals surface area contributed by atoms with E-state index in [1.807, 2.05) is 12.1 Å². The predicted octanol–water partition coefficient (Wildman–Crippen LogP) is 1.34. The van der Waals surface area contributed by atoms with Crippen LogP contribution in [0.1, 0.15) is 12.1 Å². The second kappa shape index (κ2) is 4.24. The van der Waals surface area contributed by atoms with Crippen LogP contribution in [0, 0.1) is 0 Å². The number of aliphatic hydroxyl groups excluding tert-OH is 1. The minimum absolute atomic E-state index is 0.0114. The van der Waals surface area contributed by atoms with E-state index in [2.05, 4.69) is 22.0 Å². The van der Waals surface area contributed by atoms with E-state index < -0.39 is 0 Å². The van der Waals surface area contributed by atoms with E-state index in [0.717, 1.165) is 30.9 Å². The Labute approximate surface area is 83.7 Å². The third-order valence-corrected chi connectivity index (χ3v) is 2.39.